The SMILES string of the molecule is CC(C)NC1=C(c2ccn(C(F)F)n2)C=NC(N)(c2ccnc(-c3cnn(S(=O)(=O)C4CC4)c3)c2)N1. The van der Waals surface area contributed by atoms with E-state index in [0.29, 0.717) is 51.4 Å². The molecule has 1 unspecified atom stereocenters. The van der Waals surface area contributed by atoms with Crippen molar-refractivity contribution in [3.8, 4) is 11.3 Å². The molecule has 1 aliphatic heterocycles. The van der Waals surface area contributed by atoms with Gasteiger partial charge in [0.25, 0.3) is 10.0 Å². The number of allylic oxidation sites excluding steroid dienone is 1. The van der Waals surface area contributed by atoms with E-state index in [1.54, 1.807) is 18.3 Å². The third-order valence-corrected chi connectivity index (χ3v) is 7.80. The lowest BCUT2D eigenvalue weighted by Gasteiger charge is -2.34. The molecular formula is C22H25F2N9O2S. The van der Waals surface area contributed by atoms with Crippen LogP contribution in [0.5, 0.6) is 0 Å². The molecule has 11 nitrogen and oxygen atoms in total. The summed E-state index contributed by atoms with van der Waals surface area (Å²) >= 11 is 0. The zero-order valence-electron chi connectivity index (χ0n) is 19.5. The molecule has 1 saturated carbocycles. The number of nitrogens with zero attached hydrogens (tertiary/aromatic N) is 6. The Morgan fingerprint density at radius 3 is 2.69 bits per heavy atom. The standard InChI is InChI=1S/C22H25F2N9O2S/c1-13(2)29-20-17(18-6-8-32(31-18)21(23)24)11-27-22(25,30-20)15-5-7-26-19(9-15)14-10-28-33(12-14)36(34,35)16-3-4-16/h5-13,16,21,29-30H,3-4,25H2,1-2H3. The van der Waals surface area contributed by atoms with E-state index in [2.05, 4.69) is 30.8 Å². The highest BCUT2D eigenvalue weighted by Gasteiger charge is 2.38. The third kappa shape index (κ3) is 4.48. The fourth-order valence-electron chi connectivity index (χ4n) is 3.78. The first-order valence-corrected chi connectivity index (χ1v) is 12.8. The Balaban J connectivity index is 1.46. The van der Waals surface area contributed by atoms with Gasteiger partial charge in [-0.25, -0.2) is 18.1 Å². The van der Waals surface area contributed by atoms with Crippen LogP contribution in [0.3, 0.4) is 0 Å². The Morgan fingerprint density at radius 1 is 1.25 bits per heavy atom. The van der Waals surface area contributed by atoms with Gasteiger partial charge in [0, 0.05) is 35.8 Å². The van der Waals surface area contributed by atoms with E-state index >= 15 is 0 Å². The van der Waals surface area contributed by atoms with Crippen molar-refractivity contribution in [2.75, 3.05) is 0 Å². The number of hydrogen-bond donors (Lipinski definition) is 3. The maximum absolute atomic E-state index is 13.0. The van der Waals surface area contributed by atoms with Gasteiger partial charge in [-0.15, -0.1) is 0 Å². The first-order valence-electron chi connectivity index (χ1n) is 11.3. The summed E-state index contributed by atoms with van der Waals surface area (Å²) in [6, 6.07) is 4.84. The van der Waals surface area contributed by atoms with Gasteiger partial charge in [0.05, 0.1) is 34.6 Å². The van der Waals surface area contributed by atoms with Gasteiger partial charge in [-0.05, 0) is 44.9 Å². The molecule has 0 amide bonds. The maximum Gasteiger partial charge on any atom is 0.333 e. The van der Waals surface area contributed by atoms with Crippen LogP contribution >= 0.6 is 0 Å². The summed E-state index contributed by atoms with van der Waals surface area (Å²) in [5.41, 5.74) is 8.94. The van der Waals surface area contributed by atoms with Crippen molar-refractivity contribution in [1.82, 2.24) is 34.6 Å². The second-order valence-corrected chi connectivity index (χ2v) is 11.0. The average molecular weight is 518 g/mol. The molecule has 190 valence electrons. The zero-order chi connectivity index (χ0) is 25.7. The molecule has 0 bridgehead atoms. The maximum atomic E-state index is 13.0. The van der Waals surface area contributed by atoms with Gasteiger partial charge in [-0.2, -0.15) is 23.1 Å². The van der Waals surface area contributed by atoms with Gasteiger partial charge >= 0.3 is 6.55 Å². The minimum atomic E-state index is -3.50. The van der Waals surface area contributed by atoms with Crippen molar-refractivity contribution in [1.29, 1.82) is 0 Å². The fraction of sp³-hybridized carbons (Fsp3) is 0.364. The van der Waals surface area contributed by atoms with E-state index in [1.807, 2.05) is 13.8 Å². The minimum Gasteiger partial charge on any atom is -0.369 e. The third-order valence-electron chi connectivity index (χ3n) is 5.76. The lowest BCUT2D eigenvalue weighted by Crippen LogP contribution is -2.53. The number of nitrogens with one attached hydrogen (secondary N) is 2. The van der Waals surface area contributed by atoms with Gasteiger partial charge in [-0.1, -0.05) is 0 Å². The Morgan fingerprint density at radius 2 is 2.03 bits per heavy atom. The summed E-state index contributed by atoms with van der Waals surface area (Å²) in [6.45, 7) is 1.08. The summed E-state index contributed by atoms with van der Waals surface area (Å²) in [7, 11) is -3.50. The van der Waals surface area contributed by atoms with E-state index in [4.69, 9.17) is 5.73 Å². The molecule has 36 heavy (non-hydrogen) atoms. The molecule has 1 fully saturated rings. The van der Waals surface area contributed by atoms with Crippen LogP contribution in [0, 0.1) is 0 Å². The van der Waals surface area contributed by atoms with Crippen LogP contribution in [0.2, 0.25) is 0 Å². The quantitative estimate of drug-likeness (QED) is 0.411. The van der Waals surface area contributed by atoms with Gasteiger partial charge < -0.3 is 10.6 Å². The number of pyridine rings is 1. The van der Waals surface area contributed by atoms with E-state index in [9.17, 15) is 17.2 Å². The predicted octanol–water partition coefficient (Wildman–Crippen LogP) is 1.99. The molecular weight excluding hydrogens is 492 g/mol. The van der Waals surface area contributed by atoms with Crippen molar-refractivity contribution in [3.05, 3.63) is 60.1 Å². The highest BCUT2D eigenvalue weighted by Crippen LogP contribution is 2.31. The van der Waals surface area contributed by atoms with Crippen LogP contribution in [0.1, 0.15) is 44.5 Å². The normalized spacial score (nSPS) is 20.3. The van der Waals surface area contributed by atoms with Crippen molar-refractivity contribution >= 4 is 21.8 Å². The second kappa shape index (κ2) is 8.78. The van der Waals surface area contributed by atoms with Crippen LogP contribution < -0.4 is 16.4 Å². The van der Waals surface area contributed by atoms with Crippen LogP contribution in [-0.2, 0) is 15.8 Å². The Hall–Kier alpha value is -3.65. The summed E-state index contributed by atoms with van der Waals surface area (Å²) in [4.78, 5) is 8.82. The lowest BCUT2D eigenvalue weighted by atomic mass is 10.0. The summed E-state index contributed by atoms with van der Waals surface area (Å²) in [6.07, 6.45) is 8.36. The number of aliphatic imine (C=N–C) groups is 1. The molecule has 3 aromatic rings. The molecule has 4 N–H and O–H groups in total. The predicted molar refractivity (Wildman–Crippen MR) is 129 cm³/mol. The monoisotopic (exact) mass is 517 g/mol. The molecule has 4 heterocycles. The molecule has 1 atom stereocenters. The Labute approximate surface area is 206 Å². The molecule has 1 aliphatic carbocycles. The highest BCUT2D eigenvalue weighted by atomic mass is 32.2. The summed E-state index contributed by atoms with van der Waals surface area (Å²) in [5, 5.41) is 14.0. The highest BCUT2D eigenvalue weighted by molar-refractivity contribution is 7.90. The number of halogens is 2. The summed E-state index contributed by atoms with van der Waals surface area (Å²) < 4.78 is 52.6. The molecule has 2 aliphatic rings. The first kappa shape index (κ1) is 24.1. The average Bonchev–Trinajstić information content (AvgIpc) is 3.37. The van der Waals surface area contributed by atoms with E-state index in [-0.39, 0.29) is 6.04 Å². The van der Waals surface area contributed by atoms with E-state index < -0.39 is 27.6 Å². The smallest absolute Gasteiger partial charge is 0.333 e. The molecule has 0 radical (unpaired) electrons. The zero-order valence-corrected chi connectivity index (χ0v) is 20.3. The number of nitrogens with two attached hydrogens (primary N) is 1. The largest absolute Gasteiger partial charge is 0.369 e. The number of hydrogen-bond acceptors (Lipinski definition) is 9. The Kier molecular flexibility index (Phi) is 5.87. The van der Waals surface area contributed by atoms with Crippen LogP contribution in [0.4, 0.5) is 8.78 Å². The molecule has 0 aromatic carbocycles. The van der Waals surface area contributed by atoms with Crippen molar-refractivity contribution in [2.24, 2.45) is 10.7 Å². The van der Waals surface area contributed by atoms with Crippen molar-refractivity contribution < 1.29 is 17.2 Å². The molecule has 0 spiro atoms. The second-order valence-electron chi connectivity index (χ2n) is 8.97. The number of alkyl halides is 2. The topological polar surface area (TPSA) is 145 Å². The van der Waals surface area contributed by atoms with Gasteiger partial charge in [-0.3, -0.25) is 10.7 Å². The van der Waals surface area contributed by atoms with Gasteiger partial charge in [0.2, 0.25) is 5.79 Å². The molecule has 5 rings (SSSR count). The molecule has 3 aromatic heterocycles. The van der Waals surface area contributed by atoms with Crippen LogP contribution in [-0.4, -0.2) is 49.9 Å². The lowest BCUT2D eigenvalue weighted by molar-refractivity contribution is 0.0565. The van der Waals surface area contributed by atoms with Crippen LogP contribution in [0.15, 0.2) is 53.8 Å². The van der Waals surface area contributed by atoms with Gasteiger partial charge in [0.15, 0.2) is 0 Å². The fourth-order valence-corrected chi connectivity index (χ4v) is 5.25. The Bertz CT molecular complexity index is 1460. The van der Waals surface area contributed by atoms with Crippen molar-refractivity contribution in [3.63, 3.8) is 0 Å². The van der Waals surface area contributed by atoms with E-state index in [1.165, 1.54) is 30.9 Å². The molecule has 0 saturated heterocycles. The summed E-state index contributed by atoms with van der Waals surface area (Å²) in [5.74, 6) is -0.941. The van der Waals surface area contributed by atoms with Crippen LogP contribution in [0.25, 0.3) is 16.8 Å². The minimum absolute atomic E-state index is 0.0114. The van der Waals surface area contributed by atoms with E-state index in [0.717, 1.165) is 4.09 Å². The van der Waals surface area contributed by atoms with Crippen molar-refractivity contribution in [2.45, 2.75) is 50.3 Å². The molecule has 14 heteroatoms. The number of rotatable bonds is 8. The number of aromatic nitrogens is 5. The van der Waals surface area contributed by atoms with Gasteiger partial charge in [0.1, 0.15) is 5.82 Å². The first-order chi connectivity index (χ1) is 17.1.